The summed E-state index contributed by atoms with van der Waals surface area (Å²) < 4.78 is 0. The number of hydrogen-bond acceptors (Lipinski definition) is 2. The molecule has 2 rings (SSSR count). The summed E-state index contributed by atoms with van der Waals surface area (Å²) in [6.07, 6.45) is 6.38. The number of benzene rings is 1. The van der Waals surface area contributed by atoms with Crippen LogP contribution in [0.1, 0.15) is 31.2 Å². The monoisotopic (exact) mass is 204 g/mol. The van der Waals surface area contributed by atoms with E-state index in [-0.39, 0.29) is 0 Å². The fourth-order valence-corrected chi connectivity index (χ4v) is 2.59. The number of rotatable bonds is 3. The minimum atomic E-state index is 0.513. The molecule has 0 amide bonds. The molecule has 0 aliphatic heterocycles. The molecule has 1 aromatic carbocycles. The summed E-state index contributed by atoms with van der Waals surface area (Å²) in [6, 6.07) is 11.2. The van der Waals surface area contributed by atoms with Crippen molar-refractivity contribution in [3.05, 3.63) is 35.9 Å². The first-order chi connectivity index (χ1) is 7.40. The van der Waals surface area contributed by atoms with E-state index in [1.807, 2.05) is 0 Å². The Morgan fingerprint density at radius 3 is 2.60 bits per heavy atom. The van der Waals surface area contributed by atoms with Gasteiger partial charge in [0.25, 0.3) is 0 Å². The molecular weight excluding hydrogens is 184 g/mol. The van der Waals surface area contributed by atoms with Gasteiger partial charge in [-0.1, -0.05) is 43.2 Å². The highest BCUT2D eigenvalue weighted by Crippen LogP contribution is 2.26. The van der Waals surface area contributed by atoms with Crippen LogP contribution in [0.3, 0.4) is 0 Å². The van der Waals surface area contributed by atoms with Gasteiger partial charge in [-0.2, -0.15) is 0 Å². The smallest absolute Gasteiger partial charge is 0.0241 e. The van der Waals surface area contributed by atoms with Gasteiger partial charge in [0.05, 0.1) is 0 Å². The third-order valence-corrected chi connectivity index (χ3v) is 3.46. The average molecular weight is 204 g/mol. The molecule has 1 fully saturated rings. The molecule has 2 atom stereocenters. The molecule has 0 radical (unpaired) electrons. The van der Waals surface area contributed by atoms with Crippen LogP contribution < -0.4 is 11.3 Å². The molecule has 0 spiro atoms. The largest absolute Gasteiger partial charge is 0.271 e. The van der Waals surface area contributed by atoms with Gasteiger partial charge in [-0.25, -0.2) is 0 Å². The van der Waals surface area contributed by atoms with Crippen molar-refractivity contribution >= 4 is 0 Å². The summed E-state index contributed by atoms with van der Waals surface area (Å²) >= 11 is 0. The van der Waals surface area contributed by atoms with Crippen molar-refractivity contribution in [1.82, 2.24) is 5.43 Å². The highest BCUT2D eigenvalue weighted by atomic mass is 15.2. The molecule has 2 nitrogen and oxygen atoms in total. The van der Waals surface area contributed by atoms with E-state index in [0.29, 0.717) is 12.0 Å². The van der Waals surface area contributed by atoms with Crippen LogP contribution in [-0.2, 0) is 6.42 Å². The number of hydrogen-bond donors (Lipinski definition) is 2. The summed E-state index contributed by atoms with van der Waals surface area (Å²) in [5.41, 5.74) is 4.41. The topological polar surface area (TPSA) is 38.0 Å². The fraction of sp³-hybridized carbons (Fsp3) is 0.538. The Hall–Kier alpha value is -0.860. The van der Waals surface area contributed by atoms with Crippen molar-refractivity contribution in [2.75, 3.05) is 0 Å². The first-order valence-corrected chi connectivity index (χ1v) is 5.90. The van der Waals surface area contributed by atoms with Crippen LogP contribution in [0.4, 0.5) is 0 Å². The second kappa shape index (κ2) is 5.29. The minimum Gasteiger partial charge on any atom is -0.271 e. The van der Waals surface area contributed by atoms with E-state index >= 15 is 0 Å². The Labute approximate surface area is 91.8 Å². The third-order valence-electron chi connectivity index (χ3n) is 3.46. The molecule has 1 aliphatic rings. The predicted molar refractivity (Wildman–Crippen MR) is 63.2 cm³/mol. The van der Waals surface area contributed by atoms with Gasteiger partial charge >= 0.3 is 0 Å². The van der Waals surface area contributed by atoms with E-state index in [1.165, 1.54) is 31.2 Å². The number of nitrogens with two attached hydrogens (primary N) is 1. The molecule has 0 bridgehead atoms. The Morgan fingerprint density at radius 1 is 1.13 bits per heavy atom. The zero-order valence-electron chi connectivity index (χ0n) is 9.15. The summed E-state index contributed by atoms with van der Waals surface area (Å²) in [5, 5.41) is 0. The van der Waals surface area contributed by atoms with E-state index in [2.05, 4.69) is 35.8 Å². The lowest BCUT2D eigenvalue weighted by Crippen LogP contribution is -2.43. The first kappa shape index (κ1) is 10.7. The Bertz CT molecular complexity index is 284. The molecule has 3 N–H and O–H groups in total. The molecule has 0 saturated heterocycles. The van der Waals surface area contributed by atoms with E-state index < -0.39 is 0 Å². The van der Waals surface area contributed by atoms with Crippen molar-refractivity contribution in [1.29, 1.82) is 0 Å². The molecular formula is C13H20N2. The van der Waals surface area contributed by atoms with Crippen LogP contribution in [0, 0.1) is 5.92 Å². The van der Waals surface area contributed by atoms with Crippen LogP contribution in [-0.4, -0.2) is 6.04 Å². The molecule has 1 aromatic rings. The lowest BCUT2D eigenvalue weighted by molar-refractivity contribution is 0.263. The van der Waals surface area contributed by atoms with Gasteiger partial charge in [0.2, 0.25) is 0 Å². The van der Waals surface area contributed by atoms with Crippen molar-refractivity contribution in [3.8, 4) is 0 Å². The second-order valence-electron chi connectivity index (χ2n) is 4.51. The molecule has 15 heavy (non-hydrogen) atoms. The molecule has 0 heterocycles. The van der Waals surface area contributed by atoms with Crippen molar-refractivity contribution < 1.29 is 0 Å². The van der Waals surface area contributed by atoms with Crippen molar-refractivity contribution in [2.24, 2.45) is 11.8 Å². The fourth-order valence-electron chi connectivity index (χ4n) is 2.59. The van der Waals surface area contributed by atoms with Gasteiger partial charge in [-0.3, -0.25) is 11.3 Å². The standard InChI is InChI=1S/C13H20N2/c14-15-13-9-5-4-8-12(13)10-11-6-2-1-3-7-11/h1-3,6-7,12-13,15H,4-5,8-10,14H2. The van der Waals surface area contributed by atoms with Crippen molar-refractivity contribution in [3.63, 3.8) is 0 Å². The van der Waals surface area contributed by atoms with Crippen LogP contribution in [0.5, 0.6) is 0 Å². The minimum absolute atomic E-state index is 0.513. The Balaban J connectivity index is 1.97. The van der Waals surface area contributed by atoms with Crippen LogP contribution in [0.2, 0.25) is 0 Å². The lowest BCUT2D eigenvalue weighted by atomic mass is 9.81. The molecule has 1 aliphatic carbocycles. The Morgan fingerprint density at radius 2 is 1.87 bits per heavy atom. The zero-order valence-corrected chi connectivity index (χ0v) is 9.15. The number of hydrazine groups is 1. The van der Waals surface area contributed by atoms with Gasteiger partial charge in [-0.05, 0) is 30.7 Å². The molecule has 2 unspecified atom stereocenters. The normalized spacial score (nSPS) is 26.5. The van der Waals surface area contributed by atoms with Gasteiger partial charge in [0, 0.05) is 6.04 Å². The van der Waals surface area contributed by atoms with Crippen molar-refractivity contribution in [2.45, 2.75) is 38.1 Å². The van der Waals surface area contributed by atoms with Gasteiger partial charge in [0.15, 0.2) is 0 Å². The predicted octanol–water partition coefficient (Wildman–Crippen LogP) is 2.25. The maximum Gasteiger partial charge on any atom is 0.0241 e. The number of nitrogens with one attached hydrogen (secondary N) is 1. The maximum absolute atomic E-state index is 5.60. The zero-order chi connectivity index (χ0) is 10.5. The van der Waals surface area contributed by atoms with Gasteiger partial charge in [0.1, 0.15) is 0 Å². The van der Waals surface area contributed by atoms with Crippen LogP contribution >= 0.6 is 0 Å². The summed E-state index contributed by atoms with van der Waals surface area (Å²) in [4.78, 5) is 0. The quantitative estimate of drug-likeness (QED) is 0.585. The molecule has 2 heteroatoms. The van der Waals surface area contributed by atoms with E-state index in [0.717, 1.165) is 6.42 Å². The van der Waals surface area contributed by atoms with Gasteiger partial charge < -0.3 is 0 Å². The molecule has 0 aromatic heterocycles. The van der Waals surface area contributed by atoms with E-state index in [1.54, 1.807) is 0 Å². The second-order valence-corrected chi connectivity index (χ2v) is 4.51. The lowest BCUT2D eigenvalue weighted by Gasteiger charge is -2.31. The average Bonchev–Trinajstić information content (AvgIpc) is 2.31. The highest BCUT2D eigenvalue weighted by Gasteiger charge is 2.23. The van der Waals surface area contributed by atoms with Gasteiger partial charge in [-0.15, -0.1) is 0 Å². The summed E-state index contributed by atoms with van der Waals surface area (Å²) in [5.74, 6) is 6.31. The Kier molecular flexibility index (Phi) is 3.75. The van der Waals surface area contributed by atoms with E-state index in [4.69, 9.17) is 5.84 Å². The summed E-state index contributed by atoms with van der Waals surface area (Å²) in [6.45, 7) is 0. The van der Waals surface area contributed by atoms with Crippen LogP contribution in [0.15, 0.2) is 30.3 Å². The van der Waals surface area contributed by atoms with E-state index in [9.17, 15) is 0 Å². The molecule has 1 saturated carbocycles. The SMILES string of the molecule is NNC1CCCCC1Cc1ccccc1. The van der Waals surface area contributed by atoms with Crippen LogP contribution in [0.25, 0.3) is 0 Å². The summed E-state index contributed by atoms with van der Waals surface area (Å²) in [7, 11) is 0. The first-order valence-electron chi connectivity index (χ1n) is 5.90. The third kappa shape index (κ3) is 2.80. The maximum atomic E-state index is 5.60. The highest BCUT2D eigenvalue weighted by molar-refractivity contribution is 5.15. The molecule has 82 valence electrons.